The van der Waals surface area contributed by atoms with Crippen molar-refractivity contribution in [2.75, 3.05) is 31.3 Å². The maximum atomic E-state index is 13.9. The number of para-hydroxylation sites is 1. The Bertz CT molecular complexity index is 1340. The third-order valence-corrected chi connectivity index (χ3v) is 6.48. The lowest BCUT2D eigenvalue weighted by Gasteiger charge is -2.26. The van der Waals surface area contributed by atoms with Crippen LogP contribution in [0.3, 0.4) is 0 Å². The number of alkyl halides is 3. The highest BCUT2D eigenvalue weighted by atomic mass is 19.3. The standard InChI is InChI=1S/C30H30F3N3O4/c31-20-30(32,33)14-15-34-26(37)18-27(38)35-28-24-12-5-4-10-22(24)23-11-6-7-13-25(23)36(29(28)39)16-17-40-19-21-8-2-1-3-9-21/h1-13,28H,14-20H2,(H,34,37)(H,35,38)/t28-/m0/s1. The van der Waals surface area contributed by atoms with Crippen LogP contribution < -0.4 is 15.5 Å². The molecule has 1 atom stereocenters. The van der Waals surface area contributed by atoms with Crippen LogP contribution in [0.4, 0.5) is 18.9 Å². The van der Waals surface area contributed by atoms with Gasteiger partial charge in [-0.1, -0.05) is 72.8 Å². The van der Waals surface area contributed by atoms with Crippen LogP contribution >= 0.6 is 0 Å². The van der Waals surface area contributed by atoms with Crippen LogP contribution in [0.25, 0.3) is 11.1 Å². The van der Waals surface area contributed by atoms with Gasteiger partial charge in [-0.2, -0.15) is 0 Å². The number of carbonyl (C=O) groups excluding carboxylic acids is 3. The second-order valence-corrected chi connectivity index (χ2v) is 9.40. The molecule has 0 bridgehead atoms. The van der Waals surface area contributed by atoms with Crippen molar-refractivity contribution in [3.05, 3.63) is 90.0 Å². The summed E-state index contributed by atoms with van der Waals surface area (Å²) in [5.41, 5.74) is 3.77. The summed E-state index contributed by atoms with van der Waals surface area (Å²) in [6.45, 7) is -1.50. The molecule has 4 rings (SSSR count). The number of hydrogen-bond acceptors (Lipinski definition) is 4. The summed E-state index contributed by atoms with van der Waals surface area (Å²) >= 11 is 0. The summed E-state index contributed by atoms with van der Waals surface area (Å²) in [6.07, 6.45) is -1.56. The number of fused-ring (bicyclic) bond motifs is 3. The van der Waals surface area contributed by atoms with Crippen LogP contribution in [0.1, 0.15) is 30.0 Å². The van der Waals surface area contributed by atoms with Crippen LogP contribution in [-0.2, 0) is 25.7 Å². The van der Waals surface area contributed by atoms with Crippen molar-refractivity contribution >= 4 is 23.4 Å². The zero-order valence-electron chi connectivity index (χ0n) is 21.7. The lowest BCUT2D eigenvalue weighted by Crippen LogP contribution is -2.44. The molecule has 40 heavy (non-hydrogen) atoms. The van der Waals surface area contributed by atoms with E-state index < -0.39 is 55.7 Å². The van der Waals surface area contributed by atoms with Gasteiger partial charge in [0.2, 0.25) is 11.8 Å². The Morgan fingerprint density at radius 1 is 0.900 bits per heavy atom. The minimum Gasteiger partial charge on any atom is -0.375 e. The molecular weight excluding hydrogens is 523 g/mol. The quantitative estimate of drug-likeness (QED) is 0.254. The molecule has 10 heteroatoms. The zero-order chi connectivity index (χ0) is 28.5. The van der Waals surface area contributed by atoms with Crippen molar-refractivity contribution < 1.29 is 32.3 Å². The second kappa shape index (κ2) is 13.3. The molecular formula is C30H30F3N3O4. The molecule has 0 spiro atoms. The fourth-order valence-electron chi connectivity index (χ4n) is 4.50. The Hall–Kier alpha value is -4.18. The van der Waals surface area contributed by atoms with Gasteiger partial charge in [-0.05, 0) is 22.8 Å². The predicted octanol–water partition coefficient (Wildman–Crippen LogP) is 4.58. The van der Waals surface area contributed by atoms with Crippen molar-refractivity contribution in [3.8, 4) is 11.1 Å². The van der Waals surface area contributed by atoms with E-state index in [9.17, 15) is 27.6 Å². The van der Waals surface area contributed by atoms with E-state index in [-0.39, 0.29) is 13.2 Å². The largest absolute Gasteiger partial charge is 0.375 e. The summed E-state index contributed by atoms with van der Waals surface area (Å²) < 4.78 is 44.3. The Balaban J connectivity index is 1.49. The molecule has 3 aromatic rings. The van der Waals surface area contributed by atoms with Crippen molar-refractivity contribution in [2.24, 2.45) is 0 Å². The van der Waals surface area contributed by atoms with E-state index in [4.69, 9.17) is 4.74 Å². The topological polar surface area (TPSA) is 87.7 Å². The van der Waals surface area contributed by atoms with E-state index in [1.54, 1.807) is 17.0 Å². The molecule has 1 heterocycles. The number of halogens is 3. The molecule has 2 N–H and O–H groups in total. The molecule has 0 saturated heterocycles. The van der Waals surface area contributed by atoms with Gasteiger partial charge in [-0.3, -0.25) is 14.4 Å². The molecule has 0 fully saturated rings. The fourth-order valence-corrected chi connectivity index (χ4v) is 4.50. The summed E-state index contributed by atoms with van der Waals surface area (Å²) in [5, 5.41) is 4.85. The van der Waals surface area contributed by atoms with Crippen molar-refractivity contribution in [3.63, 3.8) is 0 Å². The van der Waals surface area contributed by atoms with E-state index in [1.807, 2.05) is 66.7 Å². The predicted molar refractivity (Wildman–Crippen MR) is 144 cm³/mol. The van der Waals surface area contributed by atoms with Gasteiger partial charge in [-0.25, -0.2) is 13.2 Å². The van der Waals surface area contributed by atoms with E-state index >= 15 is 0 Å². The molecule has 0 unspecified atom stereocenters. The molecule has 210 valence electrons. The summed E-state index contributed by atoms with van der Waals surface area (Å²) in [6, 6.07) is 23.1. The number of carbonyl (C=O) groups is 3. The summed E-state index contributed by atoms with van der Waals surface area (Å²) in [7, 11) is 0. The summed E-state index contributed by atoms with van der Waals surface area (Å²) in [4.78, 5) is 40.5. The van der Waals surface area contributed by atoms with Crippen LogP contribution in [0.5, 0.6) is 0 Å². The van der Waals surface area contributed by atoms with Crippen molar-refractivity contribution in [2.45, 2.75) is 31.4 Å². The smallest absolute Gasteiger partial charge is 0.277 e. The zero-order valence-corrected chi connectivity index (χ0v) is 21.7. The van der Waals surface area contributed by atoms with Gasteiger partial charge < -0.3 is 20.3 Å². The van der Waals surface area contributed by atoms with Gasteiger partial charge in [0.25, 0.3) is 11.8 Å². The number of rotatable bonds is 12. The van der Waals surface area contributed by atoms with Crippen LogP contribution in [0.15, 0.2) is 78.9 Å². The Kier molecular flexibility index (Phi) is 9.55. The lowest BCUT2D eigenvalue weighted by molar-refractivity contribution is -0.132. The SMILES string of the molecule is O=C(CC(=O)N[C@@H]1C(=O)N(CCOCc2ccccc2)c2ccccc2-c2ccccc21)NCCC(F)(F)CF. The first-order chi connectivity index (χ1) is 19.3. The number of nitrogens with one attached hydrogen (secondary N) is 2. The third-order valence-electron chi connectivity index (χ3n) is 6.48. The molecule has 0 aromatic heterocycles. The van der Waals surface area contributed by atoms with Gasteiger partial charge in [0, 0.05) is 25.1 Å². The maximum Gasteiger partial charge on any atom is 0.277 e. The first kappa shape index (κ1) is 28.8. The van der Waals surface area contributed by atoms with Gasteiger partial charge in [0.05, 0.1) is 18.9 Å². The minimum absolute atomic E-state index is 0.215. The average molecular weight is 554 g/mol. The molecule has 0 saturated carbocycles. The number of hydrogen-bond donors (Lipinski definition) is 2. The molecule has 1 aliphatic heterocycles. The lowest BCUT2D eigenvalue weighted by atomic mass is 9.95. The van der Waals surface area contributed by atoms with Crippen LogP contribution in [0, 0.1) is 0 Å². The van der Waals surface area contributed by atoms with E-state index in [0.717, 1.165) is 16.7 Å². The van der Waals surface area contributed by atoms with E-state index in [1.165, 1.54) is 0 Å². The highest BCUT2D eigenvalue weighted by Crippen LogP contribution is 2.40. The van der Waals surface area contributed by atoms with Gasteiger partial charge in [-0.15, -0.1) is 0 Å². The monoisotopic (exact) mass is 553 g/mol. The van der Waals surface area contributed by atoms with Crippen molar-refractivity contribution in [1.82, 2.24) is 10.6 Å². The summed E-state index contributed by atoms with van der Waals surface area (Å²) in [5.74, 6) is -5.52. The van der Waals surface area contributed by atoms with Gasteiger partial charge in [0.1, 0.15) is 12.5 Å². The second-order valence-electron chi connectivity index (χ2n) is 9.40. The Morgan fingerprint density at radius 3 is 2.33 bits per heavy atom. The maximum absolute atomic E-state index is 13.9. The number of nitrogens with zero attached hydrogens (tertiary/aromatic N) is 1. The average Bonchev–Trinajstić information content (AvgIpc) is 3.05. The molecule has 0 radical (unpaired) electrons. The molecule has 0 aliphatic carbocycles. The molecule has 1 aliphatic rings. The highest BCUT2D eigenvalue weighted by molar-refractivity contribution is 6.07. The molecule has 3 amide bonds. The van der Waals surface area contributed by atoms with E-state index in [0.29, 0.717) is 17.9 Å². The Morgan fingerprint density at radius 2 is 1.57 bits per heavy atom. The third kappa shape index (κ3) is 7.26. The number of ether oxygens (including phenoxy) is 1. The number of benzene rings is 3. The molecule has 7 nitrogen and oxygen atoms in total. The van der Waals surface area contributed by atoms with Crippen LogP contribution in [-0.4, -0.2) is 50.0 Å². The van der Waals surface area contributed by atoms with Crippen molar-refractivity contribution in [1.29, 1.82) is 0 Å². The van der Waals surface area contributed by atoms with E-state index in [2.05, 4.69) is 10.6 Å². The first-order valence-electron chi connectivity index (χ1n) is 12.9. The highest BCUT2D eigenvalue weighted by Gasteiger charge is 2.35. The number of amides is 3. The normalized spacial score (nSPS) is 14.6. The fraction of sp³-hybridized carbons (Fsp3) is 0.300. The Labute approximate surface area is 230 Å². The van der Waals surface area contributed by atoms with Gasteiger partial charge in [0.15, 0.2) is 6.67 Å². The first-order valence-corrected chi connectivity index (χ1v) is 12.9. The van der Waals surface area contributed by atoms with Crippen LogP contribution in [0.2, 0.25) is 0 Å². The minimum atomic E-state index is -3.55. The van der Waals surface area contributed by atoms with Gasteiger partial charge >= 0.3 is 0 Å². The molecule has 3 aromatic carbocycles. The number of anilines is 1.